The summed E-state index contributed by atoms with van der Waals surface area (Å²) in [5.74, 6) is 5.63. The number of amides is 1. The number of carbonyl (C=O) groups excluding carboxylic acids is 1. The third-order valence-corrected chi connectivity index (χ3v) is 2.15. The molecule has 1 heterocycles. The lowest BCUT2D eigenvalue weighted by Crippen LogP contribution is -2.27. The monoisotopic (exact) mass is 265 g/mol. The van der Waals surface area contributed by atoms with Crippen molar-refractivity contribution >= 4 is 17.7 Å². The van der Waals surface area contributed by atoms with E-state index in [0.29, 0.717) is 11.4 Å². The normalized spacial score (nSPS) is 12.1. The molecule has 7 nitrogen and oxygen atoms in total. The summed E-state index contributed by atoms with van der Waals surface area (Å²) in [7, 11) is 0. The lowest BCUT2D eigenvalue weighted by molar-refractivity contribution is 0.0635. The zero-order valence-corrected chi connectivity index (χ0v) is 11.5. The molecule has 1 aromatic heterocycles. The van der Waals surface area contributed by atoms with E-state index in [1.54, 1.807) is 33.0 Å². The van der Waals surface area contributed by atoms with Crippen LogP contribution in [0.25, 0.3) is 0 Å². The number of amidine groups is 1. The van der Waals surface area contributed by atoms with E-state index in [-0.39, 0.29) is 5.84 Å². The summed E-state index contributed by atoms with van der Waals surface area (Å²) in [6, 6.07) is 1.59. The van der Waals surface area contributed by atoms with Gasteiger partial charge in [0.05, 0.1) is 0 Å². The first-order valence-corrected chi connectivity index (χ1v) is 5.73. The number of ether oxygens (including phenoxy) is 1. The van der Waals surface area contributed by atoms with Crippen molar-refractivity contribution in [1.29, 1.82) is 0 Å². The highest BCUT2D eigenvalue weighted by Gasteiger charge is 2.17. The summed E-state index contributed by atoms with van der Waals surface area (Å²) < 4.78 is 5.12. The number of carbonyl (C=O) groups is 1. The molecule has 0 aromatic carbocycles. The van der Waals surface area contributed by atoms with Crippen LogP contribution in [0.5, 0.6) is 0 Å². The molecule has 19 heavy (non-hydrogen) atoms. The zero-order valence-electron chi connectivity index (χ0n) is 11.5. The van der Waals surface area contributed by atoms with E-state index < -0.39 is 11.7 Å². The van der Waals surface area contributed by atoms with E-state index in [0.717, 1.165) is 5.56 Å². The van der Waals surface area contributed by atoms with E-state index in [4.69, 9.17) is 16.3 Å². The molecule has 5 N–H and O–H groups in total. The minimum atomic E-state index is -0.585. The summed E-state index contributed by atoms with van der Waals surface area (Å²) >= 11 is 0. The molecule has 0 unspecified atom stereocenters. The molecule has 0 aliphatic heterocycles. The smallest absolute Gasteiger partial charge is 0.413 e. The van der Waals surface area contributed by atoms with Gasteiger partial charge >= 0.3 is 6.09 Å². The highest BCUT2D eigenvalue weighted by atomic mass is 16.6. The maximum Gasteiger partial charge on any atom is 0.413 e. The number of hydrogen-bond donors (Lipinski definition) is 3. The van der Waals surface area contributed by atoms with Gasteiger partial charge in [0.2, 0.25) is 0 Å². The Bertz CT molecular complexity index is 505. The number of rotatable bonds is 2. The fraction of sp³-hybridized carbons (Fsp3) is 0.417. The SMILES string of the molecule is Cc1cnc(NC(=O)OC(C)(C)C)cc1/C(N)=N/N. The summed E-state index contributed by atoms with van der Waals surface area (Å²) in [6.07, 6.45) is 0.984. The Morgan fingerprint density at radius 3 is 2.63 bits per heavy atom. The average molecular weight is 265 g/mol. The molecule has 1 aromatic rings. The molecule has 0 aliphatic rings. The van der Waals surface area contributed by atoms with Gasteiger partial charge < -0.3 is 16.3 Å². The number of hydrogen-bond acceptors (Lipinski definition) is 5. The number of nitrogens with zero attached hydrogens (tertiary/aromatic N) is 2. The minimum absolute atomic E-state index is 0.173. The van der Waals surface area contributed by atoms with Crippen LogP contribution in [0.1, 0.15) is 31.9 Å². The Morgan fingerprint density at radius 2 is 2.11 bits per heavy atom. The number of hydrazone groups is 1. The largest absolute Gasteiger partial charge is 0.444 e. The van der Waals surface area contributed by atoms with E-state index in [1.165, 1.54) is 0 Å². The van der Waals surface area contributed by atoms with Crippen molar-refractivity contribution in [1.82, 2.24) is 4.98 Å². The van der Waals surface area contributed by atoms with Crippen LogP contribution >= 0.6 is 0 Å². The predicted octanol–water partition coefficient (Wildman–Crippen LogP) is 1.32. The highest BCUT2D eigenvalue weighted by Crippen LogP contribution is 2.13. The van der Waals surface area contributed by atoms with Crippen LogP contribution in [0, 0.1) is 6.92 Å². The fourth-order valence-corrected chi connectivity index (χ4v) is 1.35. The van der Waals surface area contributed by atoms with Crippen molar-refractivity contribution in [3.05, 3.63) is 23.4 Å². The van der Waals surface area contributed by atoms with Crippen molar-refractivity contribution in [2.24, 2.45) is 16.7 Å². The molecule has 0 radical (unpaired) electrons. The van der Waals surface area contributed by atoms with Crippen molar-refractivity contribution in [2.75, 3.05) is 5.32 Å². The number of aryl methyl sites for hydroxylation is 1. The first-order chi connectivity index (χ1) is 8.73. The van der Waals surface area contributed by atoms with Crippen LogP contribution in [-0.4, -0.2) is 22.5 Å². The first kappa shape index (κ1) is 14.7. The quantitative estimate of drug-likeness (QED) is 0.323. The average Bonchev–Trinajstić information content (AvgIpc) is 2.28. The molecule has 7 heteroatoms. The number of pyridine rings is 1. The molecular weight excluding hydrogens is 246 g/mol. The minimum Gasteiger partial charge on any atom is -0.444 e. The van der Waals surface area contributed by atoms with Crippen molar-refractivity contribution in [3.63, 3.8) is 0 Å². The molecule has 0 fully saturated rings. The second-order valence-corrected chi connectivity index (χ2v) is 5.03. The Labute approximate surface area is 112 Å². The maximum absolute atomic E-state index is 11.6. The highest BCUT2D eigenvalue weighted by molar-refractivity contribution is 5.99. The molecule has 104 valence electrons. The molecule has 0 aliphatic carbocycles. The van der Waals surface area contributed by atoms with E-state index in [1.807, 2.05) is 6.92 Å². The fourth-order valence-electron chi connectivity index (χ4n) is 1.35. The molecule has 1 rings (SSSR count). The van der Waals surface area contributed by atoms with Crippen molar-refractivity contribution < 1.29 is 9.53 Å². The predicted molar refractivity (Wildman–Crippen MR) is 73.7 cm³/mol. The van der Waals surface area contributed by atoms with Gasteiger partial charge in [-0.05, 0) is 39.3 Å². The summed E-state index contributed by atoms with van der Waals surface area (Å²) in [4.78, 5) is 15.7. The number of aromatic nitrogens is 1. The molecule has 0 atom stereocenters. The van der Waals surface area contributed by atoms with E-state index in [9.17, 15) is 4.79 Å². The van der Waals surface area contributed by atoms with Gasteiger partial charge in [-0.1, -0.05) is 0 Å². The number of anilines is 1. The van der Waals surface area contributed by atoms with E-state index in [2.05, 4.69) is 15.4 Å². The Balaban J connectivity index is 2.89. The van der Waals surface area contributed by atoms with Crippen molar-refractivity contribution in [2.45, 2.75) is 33.3 Å². The third-order valence-electron chi connectivity index (χ3n) is 2.15. The standard InChI is InChI=1S/C12H19N5O2/c1-7-6-15-9(5-8(7)10(13)17-14)16-11(18)19-12(2,3)4/h5-6H,14H2,1-4H3,(H2,13,17)(H,15,16,18). The maximum atomic E-state index is 11.6. The lowest BCUT2D eigenvalue weighted by atomic mass is 10.1. The Kier molecular flexibility index (Phi) is 4.31. The second kappa shape index (κ2) is 5.55. The molecule has 1 amide bonds. The topological polar surface area (TPSA) is 116 Å². The van der Waals surface area contributed by atoms with Gasteiger partial charge in [0, 0.05) is 11.8 Å². The van der Waals surface area contributed by atoms with Gasteiger partial charge in [-0.25, -0.2) is 9.78 Å². The molecule has 0 bridgehead atoms. The Morgan fingerprint density at radius 1 is 1.47 bits per heavy atom. The molecule has 0 spiro atoms. The van der Waals surface area contributed by atoms with Gasteiger partial charge in [-0.3, -0.25) is 5.32 Å². The van der Waals surface area contributed by atoms with Crippen molar-refractivity contribution in [3.8, 4) is 0 Å². The van der Waals surface area contributed by atoms with Gasteiger partial charge in [0.25, 0.3) is 0 Å². The summed E-state index contributed by atoms with van der Waals surface area (Å²) in [5, 5.41) is 5.94. The van der Waals surface area contributed by atoms with Crippen LogP contribution in [0.2, 0.25) is 0 Å². The summed E-state index contributed by atoms with van der Waals surface area (Å²) in [6.45, 7) is 7.15. The van der Waals surface area contributed by atoms with Crippen LogP contribution in [-0.2, 0) is 4.74 Å². The molecule has 0 saturated carbocycles. The van der Waals surface area contributed by atoms with Crippen LogP contribution < -0.4 is 16.9 Å². The van der Waals surface area contributed by atoms with E-state index >= 15 is 0 Å². The Hall–Kier alpha value is -2.31. The number of nitrogens with two attached hydrogens (primary N) is 2. The van der Waals surface area contributed by atoms with Gasteiger partial charge in [-0.2, -0.15) is 5.10 Å². The van der Waals surface area contributed by atoms with Crippen LogP contribution in [0.15, 0.2) is 17.4 Å². The van der Waals surface area contributed by atoms with Gasteiger partial charge in [-0.15, -0.1) is 0 Å². The third kappa shape index (κ3) is 4.46. The lowest BCUT2D eigenvalue weighted by Gasteiger charge is -2.19. The van der Waals surface area contributed by atoms with Crippen LogP contribution in [0.4, 0.5) is 10.6 Å². The molecule has 0 saturated heterocycles. The van der Waals surface area contributed by atoms with Crippen LogP contribution in [0.3, 0.4) is 0 Å². The second-order valence-electron chi connectivity index (χ2n) is 5.03. The molecular formula is C12H19N5O2. The summed E-state index contributed by atoms with van der Waals surface area (Å²) in [5.41, 5.74) is 6.50. The van der Waals surface area contributed by atoms with Gasteiger partial charge in [0.15, 0.2) is 5.84 Å². The number of nitrogens with one attached hydrogen (secondary N) is 1. The zero-order chi connectivity index (χ0) is 14.6. The first-order valence-electron chi connectivity index (χ1n) is 5.73. The van der Waals surface area contributed by atoms with Gasteiger partial charge in [0.1, 0.15) is 11.4 Å².